The Kier molecular flexibility index (Phi) is 5.98. The predicted molar refractivity (Wildman–Crippen MR) is 135 cm³/mol. The summed E-state index contributed by atoms with van der Waals surface area (Å²) in [5, 5.41) is 4.78. The van der Waals surface area contributed by atoms with Gasteiger partial charge in [-0.1, -0.05) is 12.1 Å². The second kappa shape index (κ2) is 9.23. The summed E-state index contributed by atoms with van der Waals surface area (Å²) < 4.78 is 6.82. The molecule has 1 amide bonds. The summed E-state index contributed by atoms with van der Waals surface area (Å²) in [5.41, 5.74) is 5.60. The number of hydrazone groups is 1. The first kappa shape index (κ1) is 22.0. The Balaban J connectivity index is 1.38. The molecule has 0 radical (unpaired) electrons. The van der Waals surface area contributed by atoms with E-state index in [0.29, 0.717) is 22.8 Å². The number of benzene rings is 2. The normalized spacial score (nSPS) is 13.2. The van der Waals surface area contributed by atoms with Crippen LogP contribution in [0.15, 0.2) is 58.4 Å². The number of nitrogens with zero attached hydrogens (tertiary/aromatic N) is 3. The van der Waals surface area contributed by atoms with E-state index >= 15 is 0 Å². The molecule has 1 aliphatic rings. The monoisotopic (exact) mass is 472 g/mol. The Hall–Kier alpha value is -3.78. The van der Waals surface area contributed by atoms with E-state index in [2.05, 4.69) is 10.5 Å². The highest BCUT2D eigenvalue weighted by atomic mass is 32.1. The second-order valence-electron chi connectivity index (χ2n) is 8.21. The molecule has 172 valence electrons. The molecular weight excluding hydrogens is 448 g/mol. The van der Waals surface area contributed by atoms with Crippen molar-refractivity contribution in [1.82, 2.24) is 15.0 Å². The number of carbonyl (C=O) groups excluding carboxylic acids is 1. The fourth-order valence-electron chi connectivity index (χ4n) is 4.32. The van der Waals surface area contributed by atoms with Gasteiger partial charge < -0.3 is 4.74 Å². The van der Waals surface area contributed by atoms with Gasteiger partial charge in [-0.25, -0.2) is 10.4 Å². The molecule has 8 heteroatoms. The van der Waals surface area contributed by atoms with Crippen LogP contribution in [0.1, 0.15) is 45.0 Å². The Bertz CT molecular complexity index is 1470. The molecule has 4 aromatic rings. The number of carbonyl (C=O) groups is 1. The van der Waals surface area contributed by atoms with Crippen LogP contribution in [0.25, 0.3) is 15.9 Å². The number of rotatable bonds is 5. The maximum atomic E-state index is 13.4. The zero-order valence-corrected chi connectivity index (χ0v) is 19.8. The smallest absolute Gasteiger partial charge is 0.271 e. The minimum Gasteiger partial charge on any atom is -0.497 e. The van der Waals surface area contributed by atoms with Crippen molar-refractivity contribution in [3.8, 4) is 11.4 Å². The highest BCUT2D eigenvalue weighted by Crippen LogP contribution is 2.34. The Morgan fingerprint density at radius 1 is 1.18 bits per heavy atom. The highest BCUT2D eigenvalue weighted by molar-refractivity contribution is 7.18. The van der Waals surface area contributed by atoms with Crippen molar-refractivity contribution >= 4 is 33.7 Å². The average molecular weight is 473 g/mol. The molecule has 0 saturated carbocycles. The quantitative estimate of drug-likeness (QED) is 0.344. The van der Waals surface area contributed by atoms with E-state index in [1.807, 2.05) is 31.2 Å². The molecule has 0 spiro atoms. The van der Waals surface area contributed by atoms with E-state index in [-0.39, 0.29) is 11.5 Å². The fourth-order valence-corrected chi connectivity index (χ4v) is 5.62. The molecule has 1 aliphatic carbocycles. The third kappa shape index (κ3) is 4.12. The van der Waals surface area contributed by atoms with Gasteiger partial charge in [0.15, 0.2) is 0 Å². The highest BCUT2D eigenvalue weighted by Gasteiger charge is 2.21. The molecule has 0 aliphatic heterocycles. The molecule has 0 saturated heterocycles. The molecule has 1 N–H and O–H groups in total. The minimum atomic E-state index is -0.338. The number of aryl methyl sites for hydroxylation is 3. The van der Waals surface area contributed by atoms with Crippen molar-refractivity contribution in [1.29, 1.82) is 0 Å². The van der Waals surface area contributed by atoms with Crippen LogP contribution in [0.2, 0.25) is 0 Å². The lowest BCUT2D eigenvalue weighted by molar-refractivity contribution is 0.0955. The molecular formula is C26H24N4O3S. The topological polar surface area (TPSA) is 85.6 Å². The maximum absolute atomic E-state index is 13.4. The predicted octanol–water partition coefficient (Wildman–Crippen LogP) is 4.41. The lowest BCUT2D eigenvalue weighted by Crippen LogP contribution is -2.23. The summed E-state index contributed by atoms with van der Waals surface area (Å²) in [4.78, 5) is 32.8. The number of ether oxygens (including phenoxy) is 1. The SMILES string of the molecule is COc1cccc(/C=N\NC(=O)c2ccc(-n3c(C)nc4sc5c(c4c3=O)CCCC5)cc2)c1. The van der Waals surface area contributed by atoms with Gasteiger partial charge in [0.2, 0.25) is 0 Å². The van der Waals surface area contributed by atoms with Crippen LogP contribution in [-0.2, 0) is 12.8 Å². The van der Waals surface area contributed by atoms with E-state index in [9.17, 15) is 9.59 Å². The minimum absolute atomic E-state index is 0.0398. The summed E-state index contributed by atoms with van der Waals surface area (Å²) >= 11 is 1.65. The third-order valence-corrected chi connectivity index (χ3v) is 7.20. The fraction of sp³-hybridized carbons (Fsp3) is 0.231. The van der Waals surface area contributed by atoms with E-state index in [4.69, 9.17) is 9.72 Å². The van der Waals surface area contributed by atoms with Gasteiger partial charge in [-0.05, 0) is 80.1 Å². The Morgan fingerprint density at radius 2 is 1.97 bits per heavy atom. The largest absolute Gasteiger partial charge is 0.497 e. The van der Waals surface area contributed by atoms with Gasteiger partial charge in [-0.15, -0.1) is 11.3 Å². The van der Waals surface area contributed by atoms with Gasteiger partial charge >= 0.3 is 0 Å². The summed E-state index contributed by atoms with van der Waals surface area (Å²) in [5.74, 6) is 1.01. The summed E-state index contributed by atoms with van der Waals surface area (Å²) in [6, 6.07) is 14.3. The van der Waals surface area contributed by atoms with Crippen molar-refractivity contribution < 1.29 is 9.53 Å². The first-order valence-corrected chi connectivity index (χ1v) is 12.0. The van der Waals surface area contributed by atoms with E-state index in [1.54, 1.807) is 53.5 Å². The first-order chi connectivity index (χ1) is 16.5. The zero-order valence-electron chi connectivity index (χ0n) is 19.0. The molecule has 0 bridgehead atoms. The third-order valence-electron chi connectivity index (χ3n) is 6.02. The number of hydrogen-bond donors (Lipinski definition) is 1. The molecule has 5 rings (SSSR count). The molecule has 0 atom stereocenters. The van der Waals surface area contributed by atoms with Crippen LogP contribution in [0.4, 0.5) is 0 Å². The van der Waals surface area contributed by atoms with E-state index < -0.39 is 0 Å². The lowest BCUT2D eigenvalue weighted by Gasteiger charge is -2.12. The van der Waals surface area contributed by atoms with Crippen molar-refractivity contribution in [3.05, 3.63) is 86.3 Å². The molecule has 2 heterocycles. The number of amides is 1. The van der Waals surface area contributed by atoms with Gasteiger partial charge in [0.1, 0.15) is 16.4 Å². The Morgan fingerprint density at radius 3 is 2.76 bits per heavy atom. The molecule has 2 aromatic carbocycles. The number of hydrogen-bond acceptors (Lipinski definition) is 6. The number of thiophene rings is 1. The van der Waals surface area contributed by atoms with Crippen molar-refractivity contribution in [3.63, 3.8) is 0 Å². The number of nitrogens with one attached hydrogen (secondary N) is 1. The van der Waals surface area contributed by atoms with Crippen molar-refractivity contribution in [2.45, 2.75) is 32.6 Å². The van der Waals surface area contributed by atoms with Gasteiger partial charge in [0, 0.05) is 10.4 Å². The standard InChI is InChI=1S/C26H24N4O3S/c1-16-28-25-23(21-8-3-4-9-22(21)34-25)26(32)30(16)19-12-10-18(11-13-19)24(31)29-27-15-17-6-5-7-20(14-17)33-2/h5-7,10-15H,3-4,8-9H2,1-2H3,(H,29,31)/b27-15-. The molecule has 7 nitrogen and oxygen atoms in total. The van der Waals surface area contributed by atoms with Gasteiger partial charge in [0.25, 0.3) is 11.5 Å². The summed E-state index contributed by atoms with van der Waals surface area (Å²) in [7, 11) is 1.60. The van der Waals surface area contributed by atoms with Crippen molar-refractivity contribution in [2.75, 3.05) is 7.11 Å². The average Bonchev–Trinajstić information content (AvgIpc) is 3.23. The van der Waals surface area contributed by atoms with Crippen LogP contribution < -0.4 is 15.7 Å². The van der Waals surface area contributed by atoms with Crippen LogP contribution >= 0.6 is 11.3 Å². The number of fused-ring (bicyclic) bond motifs is 3. The van der Waals surface area contributed by atoms with Crippen LogP contribution in [0, 0.1) is 6.92 Å². The van der Waals surface area contributed by atoms with Crippen LogP contribution in [0.3, 0.4) is 0 Å². The molecule has 2 aromatic heterocycles. The van der Waals surface area contributed by atoms with Gasteiger partial charge in [0.05, 0.1) is 24.4 Å². The van der Waals surface area contributed by atoms with Gasteiger partial charge in [-0.3, -0.25) is 14.2 Å². The van der Waals surface area contributed by atoms with Crippen LogP contribution in [0.5, 0.6) is 5.75 Å². The van der Waals surface area contributed by atoms with Gasteiger partial charge in [-0.2, -0.15) is 5.10 Å². The zero-order chi connectivity index (χ0) is 23.7. The Labute approximate surface area is 200 Å². The van der Waals surface area contributed by atoms with Crippen molar-refractivity contribution in [2.24, 2.45) is 5.10 Å². The molecule has 0 fully saturated rings. The second-order valence-corrected chi connectivity index (χ2v) is 9.30. The summed E-state index contributed by atoms with van der Waals surface area (Å²) in [6.07, 6.45) is 5.79. The van der Waals surface area contributed by atoms with Crippen LogP contribution in [-0.4, -0.2) is 28.8 Å². The lowest BCUT2D eigenvalue weighted by atomic mass is 9.97. The van der Waals surface area contributed by atoms with E-state index in [1.165, 1.54) is 16.9 Å². The molecule has 0 unspecified atom stereocenters. The first-order valence-electron chi connectivity index (χ1n) is 11.2. The number of aromatic nitrogens is 2. The number of methoxy groups -OCH3 is 1. The molecule has 34 heavy (non-hydrogen) atoms. The maximum Gasteiger partial charge on any atom is 0.271 e. The summed E-state index contributed by atoms with van der Waals surface area (Å²) in [6.45, 7) is 1.84. The van der Waals surface area contributed by atoms with E-state index in [0.717, 1.165) is 35.0 Å².